The molecule has 0 saturated heterocycles. The Bertz CT molecular complexity index is 1140. The summed E-state index contributed by atoms with van der Waals surface area (Å²) in [5.74, 6) is 1.31. The van der Waals surface area contributed by atoms with Crippen LogP contribution in [-0.4, -0.2) is 24.0 Å². The van der Waals surface area contributed by atoms with Gasteiger partial charge >= 0.3 is 0 Å². The lowest BCUT2D eigenvalue weighted by molar-refractivity contribution is 0.363. The van der Waals surface area contributed by atoms with Gasteiger partial charge in [0.2, 0.25) is 11.8 Å². The molecule has 1 aromatic heterocycles. The van der Waals surface area contributed by atoms with Gasteiger partial charge in [0.05, 0.1) is 37.1 Å². The molecule has 0 spiro atoms. The van der Waals surface area contributed by atoms with Crippen molar-refractivity contribution < 1.29 is 14.2 Å². The quantitative estimate of drug-likeness (QED) is 0.736. The number of hydrogen-bond donors (Lipinski definition) is 1. The van der Waals surface area contributed by atoms with Gasteiger partial charge in [-0.15, -0.1) is 0 Å². The maximum atomic E-state index is 9.86. The molecule has 146 valence electrons. The van der Waals surface area contributed by atoms with Gasteiger partial charge < -0.3 is 19.9 Å². The van der Waals surface area contributed by atoms with Gasteiger partial charge in [-0.3, -0.25) is 0 Å². The van der Waals surface area contributed by atoms with Gasteiger partial charge in [0.1, 0.15) is 23.1 Å². The van der Waals surface area contributed by atoms with E-state index >= 15 is 0 Å². The maximum absolute atomic E-state index is 9.86. The van der Waals surface area contributed by atoms with E-state index in [-0.39, 0.29) is 5.88 Å². The average molecular weight is 388 g/mol. The zero-order valence-electron chi connectivity index (χ0n) is 16.3. The fourth-order valence-corrected chi connectivity index (χ4v) is 3.63. The minimum atomic E-state index is -0.494. The summed E-state index contributed by atoms with van der Waals surface area (Å²) >= 11 is 0. The molecule has 1 aliphatic heterocycles. The number of nitrogens with zero attached hydrogens (tertiary/aromatic N) is 3. The third-order valence-corrected chi connectivity index (χ3v) is 4.98. The molecule has 0 radical (unpaired) electrons. The molecule has 0 saturated carbocycles. The molecule has 1 atom stereocenters. The van der Waals surface area contributed by atoms with E-state index in [9.17, 15) is 5.26 Å². The molecule has 29 heavy (non-hydrogen) atoms. The second-order valence-electron chi connectivity index (χ2n) is 6.58. The minimum Gasteiger partial charge on any atom is -0.497 e. The Hall–Kier alpha value is -3.92. The molecule has 3 aromatic rings. The van der Waals surface area contributed by atoms with Gasteiger partial charge in [0, 0.05) is 5.56 Å². The smallest absolute Gasteiger partial charge is 0.229 e. The van der Waals surface area contributed by atoms with Crippen molar-refractivity contribution in [3.63, 3.8) is 0 Å². The minimum absolute atomic E-state index is 0.0481. The van der Waals surface area contributed by atoms with Crippen LogP contribution in [0.25, 0.3) is 5.69 Å². The summed E-state index contributed by atoms with van der Waals surface area (Å²) in [5.41, 5.74) is 9.57. The van der Waals surface area contributed by atoms with E-state index < -0.39 is 5.92 Å². The van der Waals surface area contributed by atoms with Gasteiger partial charge in [0.25, 0.3) is 0 Å². The molecule has 7 nitrogen and oxygen atoms in total. The van der Waals surface area contributed by atoms with Crippen LogP contribution in [0.5, 0.6) is 17.4 Å². The number of fused-ring (bicyclic) bond motifs is 1. The van der Waals surface area contributed by atoms with Crippen molar-refractivity contribution >= 4 is 0 Å². The molecule has 0 aliphatic carbocycles. The number of hydrogen-bond acceptors (Lipinski definition) is 6. The average Bonchev–Trinajstić information content (AvgIpc) is 3.08. The first-order valence-electron chi connectivity index (χ1n) is 9.03. The van der Waals surface area contributed by atoms with Crippen LogP contribution in [0.15, 0.2) is 60.0 Å². The summed E-state index contributed by atoms with van der Waals surface area (Å²) in [4.78, 5) is 0. The zero-order chi connectivity index (χ0) is 20.5. The summed E-state index contributed by atoms with van der Waals surface area (Å²) in [6.07, 6.45) is 0. The number of rotatable bonds is 4. The normalized spacial score (nSPS) is 15.3. The molecule has 1 aliphatic rings. The van der Waals surface area contributed by atoms with Crippen LogP contribution in [0, 0.1) is 18.3 Å². The molecule has 0 fully saturated rings. The van der Waals surface area contributed by atoms with Crippen LogP contribution < -0.4 is 19.9 Å². The highest BCUT2D eigenvalue weighted by atomic mass is 16.5. The topological polar surface area (TPSA) is 95.3 Å². The van der Waals surface area contributed by atoms with Crippen molar-refractivity contribution in [2.75, 3.05) is 14.2 Å². The van der Waals surface area contributed by atoms with Gasteiger partial charge in [-0.1, -0.05) is 18.2 Å². The van der Waals surface area contributed by atoms with E-state index in [0.29, 0.717) is 23.0 Å². The van der Waals surface area contributed by atoms with Crippen LogP contribution in [0.3, 0.4) is 0 Å². The van der Waals surface area contributed by atoms with Crippen LogP contribution in [0.4, 0.5) is 0 Å². The number of methoxy groups -OCH3 is 2. The molecule has 0 amide bonds. The van der Waals surface area contributed by atoms with Gasteiger partial charge in [-0.25, -0.2) is 4.68 Å². The Balaban J connectivity index is 2.00. The molecular formula is C22H20N4O3. The molecular weight excluding hydrogens is 368 g/mol. The third kappa shape index (κ3) is 2.95. The largest absolute Gasteiger partial charge is 0.497 e. The Morgan fingerprint density at radius 2 is 1.90 bits per heavy atom. The zero-order valence-corrected chi connectivity index (χ0v) is 16.3. The second-order valence-corrected chi connectivity index (χ2v) is 6.58. The van der Waals surface area contributed by atoms with E-state index in [1.165, 1.54) is 0 Å². The summed E-state index contributed by atoms with van der Waals surface area (Å²) in [5, 5.41) is 14.5. The van der Waals surface area contributed by atoms with Crippen LogP contribution in [-0.2, 0) is 0 Å². The van der Waals surface area contributed by atoms with Gasteiger partial charge in [-0.2, -0.15) is 10.4 Å². The van der Waals surface area contributed by atoms with Gasteiger partial charge in [-0.05, 0) is 37.3 Å². The van der Waals surface area contributed by atoms with Crippen molar-refractivity contribution in [2.45, 2.75) is 12.8 Å². The van der Waals surface area contributed by atoms with Crippen molar-refractivity contribution in [1.82, 2.24) is 9.78 Å². The van der Waals surface area contributed by atoms with Crippen molar-refractivity contribution in [2.24, 2.45) is 5.73 Å². The van der Waals surface area contributed by atoms with E-state index in [2.05, 4.69) is 11.2 Å². The third-order valence-electron chi connectivity index (χ3n) is 4.98. The van der Waals surface area contributed by atoms with E-state index in [1.807, 2.05) is 55.5 Å². The molecule has 1 unspecified atom stereocenters. The van der Waals surface area contributed by atoms with E-state index in [0.717, 1.165) is 22.5 Å². The highest BCUT2D eigenvalue weighted by molar-refractivity contribution is 5.60. The Kier molecular flexibility index (Phi) is 4.61. The van der Waals surface area contributed by atoms with E-state index in [1.54, 1.807) is 18.9 Å². The lowest BCUT2D eigenvalue weighted by Crippen LogP contribution is -2.22. The molecule has 4 rings (SSSR count). The SMILES string of the molecule is COc1ccc(OC)c(C2C(C#N)=C(N)Oc3c2c(C)nn3-c2ccccc2)c1. The summed E-state index contributed by atoms with van der Waals surface area (Å²) in [7, 11) is 3.18. The first-order valence-corrected chi connectivity index (χ1v) is 9.03. The number of aryl methyl sites for hydroxylation is 1. The number of benzene rings is 2. The number of allylic oxidation sites excluding steroid dienone is 1. The highest BCUT2D eigenvalue weighted by Crippen LogP contribution is 2.47. The highest BCUT2D eigenvalue weighted by Gasteiger charge is 2.37. The fourth-order valence-electron chi connectivity index (χ4n) is 3.63. The van der Waals surface area contributed by atoms with Gasteiger partial charge in [0.15, 0.2) is 0 Å². The molecule has 7 heteroatoms. The molecule has 2 heterocycles. The maximum Gasteiger partial charge on any atom is 0.229 e. The van der Waals surface area contributed by atoms with Crippen molar-refractivity contribution in [3.05, 3.63) is 76.8 Å². The van der Waals surface area contributed by atoms with Crippen LogP contribution >= 0.6 is 0 Å². The fraction of sp³-hybridized carbons (Fsp3) is 0.182. The lowest BCUT2D eigenvalue weighted by Gasteiger charge is -2.26. The predicted molar refractivity (Wildman–Crippen MR) is 107 cm³/mol. The number of aromatic nitrogens is 2. The first kappa shape index (κ1) is 18.4. The molecule has 2 aromatic carbocycles. The van der Waals surface area contributed by atoms with E-state index in [4.69, 9.17) is 19.9 Å². The Morgan fingerprint density at radius 3 is 2.55 bits per heavy atom. The number of para-hydroxylation sites is 1. The molecule has 0 bridgehead atoms. The first-order chi connectivity index (χ1) is 14.1. The summed E-state index contributed by atoms with van der Waals surface area (Å²) in [6.45, 7) is 1.89. The monoisotopic (exact) mass is 388 g/mol. The van der Waals surface area contributed by atoms with Crippen LogP contribution in [0.1, 0.15) is 22.7 Å². The number of nitrogens with two attached hydrogens (primary N) is 1. The summed E-state index contributed by atoms with van der Waals surface area (Å²) < 4.78 is 18.6. The lowest BCUT2D eigenvalue weighted by atomic mass is 9.83. The van der Waals surface area contributed by atoms with Crippen molar-refractivity contribution in [3.8, 4) is 29.1 Å². The Morgan fingerprint density at radius 1 is 1.14 bits per heavy atom. The Labute approximate surface area is 168 Å². The second kappa shape index (κ2) is 7.24. The standard InChI is InChI=1S/C22H20N4O3/c1-13-19-20(16-11-15(27-2)9-10-18(16)28-3)17(12-23)21(24)29-22(19)26(25-13)14-7-5-4-6-8-14/h4-11,20H,24H2,1-3H3. The number of ether oxygens (including phenoxy) is 3. The number of nitriles is 1. The van der Waals surface area contributed by atoms with Crippen molar-refractivity contribution in [1.29, 1.82) is 5.26 Å². The molecule has 2 N–H and O–H groups in total. The predicted octanol–water partition coefficient (Wildman–Crippen LogP) is 3.42. The summed E-state index contributed by atoms with van der Waals surface area (Å²) in [6, 6.07) is 17.3. The van der Waals surface area contributed by atoms with Crippen LogP contribution in [0.2, 0.25) is 0 Å².